The van der Waals surface area contributed by atoms with Crippen molar-refractivity contribution in [3.05, 3.63) is 33.8 Å². The first-order valence-corrected chi connectivity index (χ1v) is 6.94. The zero-order chi connectivity index (χ0) is 15.6. The summed E-state index contributed by atoms with van der Waals surface area (Å²) >= 11 is 12.1. The summed E-state index contributed by atoms with van der Waals surface area (Å²) in [5.41, 5.74) is 10.5. The molecule has 0 radical (unpaired) electrons. The van der Waals surface area contributed by atoms with E-state index in [0.29, 0.717) is 10.6 Å². The molecular weight excluding hydrogens is 315 g/mol. The van der Waals surface area contributed by atoms with Gasteiger partial charge in [-0.25, -0.2) is 9.98 Å². The summed E-state index contributed by atoms with van der Waals surface area (Å²) in [5, 5.41) is 0.709. The van der Waals surface area contributed by atoms with E-state index in [0.717, 1.165) is 0 Å². The number of hydrogen-bond acceptors (Lipinski definition) is 6. The zero-order valence-corrected chi connectivity index (χ0v) is 12.7. The van der Waals surface area contributed by atoms with E-state index in [9.17, 15) is 4.79 Å². The van der Waals surface area contributed by atoms with Crippen molar-refractivity contribution in [3.8, 4) is 0 Å². The number of halogens is 2. The Kier molecular flexibility index (Phi) is 4.51. The van der Waals surface area contributed by atoms with Gasteiger partial charge in [0.05, 0.1) is 6.61 Å². The lowest BCUT2D eigenvalue weighted by molar-refractivity contribution is -0.147. The zero-order valence-electron chi connectivity index (χ0n) is 11.2. The van der Waals surface area contributed by atoms with Gasteiger partial charge < -0.3 is 16.2 Å². The predicted molar refractivity (Wildman–Crippen MR) is 82.9 cm³/mol. The highest BCUT2D eigenvalue weighted by atomic mass is 35.5. The van der Waals surface area contributed by atoms with Crippen LogP contribution in [-0.2, 0) is 14.9 Å². The maximum atomic E-state index is 12.5. The molecule has 112 valence electrons. The van der Waals surface area contributed by atoms with Gasteiger partial charge >= 0.3 is 5.97 Å². The van der Waals surface area contributed by atoms with Crippen LogP contribution >= 0.6 is 23.2 Å². The average molecular weight is 329 g/mol. The Labute approximate surface area is 131 Å². The Hall–Kier alpha value is -1.63. The van der Waals surface area contributed by atoms with Crippen LogP contribution in [0.3, 0.4) is 0 Å². The van der Waals surface area contributed by atoms with Gasteiger partial charge in [-0.1, -0.05) is 29.3 Å². The Morgan fingerprint density at radius 3 is 2.76 bits per heavy atom. The maximum absolute atomic E-state index is 12.5. The molecule has 2 rings (SSSR count). The van der Waals surface area contributed by atoms with Crippen LogP contribution in [0, 0.1) is 0 Å². The second-order valence-corrected chi connectivity index (χ2v) is 5.25. The van der Waals surface area contributed by atoms with Crippen molar-refractivity contribution in [3.63, 3.8) is 0 Å². The van der Waals surface area contributed by atoms with E-state index < -0.39 is 17.6 Å². The second-order valence-electron chi connectivity index (χ2n) is 4.40. The molecule has 1 aromatic rings. The Bertz CT molecular complexity index is 633. The SMILES string of the molecule is CCOC(=O)C1(c2ccc(Cl)cc2Cl)C=NC(N)=NC1N. The fourth-order valence-electron chi connectivity index (χ4n) is 2.11. The first-order valence-electron chi connectivity index (χ1n) is 6.18. The molecule has 8 heteroatoms. The number of benzene rings is 1. The minimum absolute atomic E-state index is 0.00694. The van der Waals surface area contributed by atoms with Crippen molar-refractivity contribution in [2.24, 2.45) is 21.5 Å². The number of hydrogen-bond donors (Lipinski definition) is 2. The van der Waals surface area contributed by atoms with E-state index in [1.54, 1.807) is 19.1 Å². The van der Waals surface area contributed by atoms with E-state index >= 15 is 0 Å². The summed E-state index contributed by atoms with van der Waals surface area (Å²) in [6.45, 7) is 1.88. The standard InChI is InChI=1S/C13H14Cl2N4O2/c1-2-21-11(20)13(6-18-12(17)19-10(13)16)8-4-3-7(14)5-9(8)15/h3-6,10H,2,16H2,1H3,(H2,17,19). The highest BCUT2D eigenvalue weighted by Gasteiger charge is 2.49. The number of carbonyl (C=O) groups excluding carboxylic acids is 1. The van der Waals surface area contributed by atoms with Gasteiger partial charge in [0.2, 0.25) is 5.96 Å². The third-order valence-corrected chi connectivity index (χ3v) is 3.68. The van der Waals surface area contributed by atoms with Gasteiger partial charge in [0.1, 0.15) is 6.17 Å². The molecule has 2 atom stereocenters. The van der Waals surface area contributed by atoms with Gasteiger partial charge in [-0.05, 0) is 24.6 Å². The molecule has 1 aliphatic heterocycles. The van der Waals surface area contributed by atoms with Crippen LogP contribution in [0.15, 0.2) is 28.2 Å². The fraction of sp³-hybridized carbons (Fsp3) is 0.308. The van der Waals surface area contributed by atoms with E-state index in [1.807, 2.05) is 0 Å². The van der Waals surface area contributed by atoms with Crippen molar-refractivity contribution < 1.29 is 9.53 Å². The number of nitrogens with zero attached hydrogens (tertiary/aromatic N) is 2. The van der Waals surface area contributed by atoms with E-state index in [2.05, 4.69) is 9.98 Å². The molecule has 0 saturated heterocycles. The van der Waals surface area contributed by atoms with Crippen LogP contribution < -0.4 is 11.5 Å². The number of guanidine groups is 1. The lowest BCUT2D eigenvalue weighted by atomic mass is 9.78. The molecular formula is C13H14Cl2N4O2. The van der Waals surface area contributed by atoms with E-state index in [-0.39, 0.29) is 17.6 Å². The molecule has 6 nitrogen and oxygen atoms in total. The number of aliphatic imine (C=N–C) groups is 2. The van der Waals surface area contributed by atoms with Crippen molar-refractivity contribution in [2.75, 3.05) is 6.61 Å². The van der Waals surface area contributed by atoms with Gasteiger partial charge in [-0.2, -0.15) is 0 Å². The monoisotopic (exact) mass is 328 g/mol. The third kappa shape index (κ3) is 2.74. The summed E-state index contributed by atoms with van der Waals surface area (Å²) in [4.78, 5) is 20.3. The quantitative estimate of drug-likeness (QED) is 0.820. The average Bonchev–Trinajstić information content (AvgIpc) is 2.40. The summed E-state index contributed by atoms with van der Waals surface area (Å²) in [5.74, 6) is -0.603. The molecule has 4 N–H and O–H groups in total. The minimum Gasteiger partial charge on any atom is -0.465 e. The van der Waals surface area contributed by atoms with Crippen molar-refractivity contribution in [1.82, 2.24) is 0 Å². The van der Waals surface area contributed by atoms with Gasteiger partial charge in [-0.15, -0.1) is 0 Å². The Balaban J connectivity index is 2.62. The highest BCUT2D eigenvalue weighted by molar-refractivity contribution is 6.35. The molecule has 0 saturated carbocycles. The molecule has 0 amide bonds. The van der Waals surface area contributed by atoms with Gasteiger partial charge in [0.15, 0.2) is 5.41 Å². The van der Waals surface area contributed by atoms with Crippen LogP contribution in [0.5, 0.6) is 0 Å². The van der Waals surface area contributed by atoms with Crippen molar-refractivity contribution in [1.29, 1.82) is 0 Å². The molecule has 21 heavy (non-hydrogen) atoms. The van der Waals surface area contributed by atoms with Crippen molar-refractivity contribution in [2.45, 2.75) is 18.5 Å². The summed E-state index contributed by atoms with van der Waals surface area (Å²) < 4.78 is 5.12. The fourth-order valence-corrected chi connectivity index (χ4v) is 2.67. The molecule has 0 aromatic heterocycles. The molecule has 0 aliphatic carbocycles. The number of nitrogens with two attached hydrogens (primary N) is 2. The summed E-state index contributed by atoms with van der Waals surface area (Å²) in [6, 6.07) is 4.72. The Morgan fingerprint density at radius 2 is 2.19 bits per heavy atom. The number of rotatable bonds is 3. The first-order chi connectivity index (χ1) is 9.91. The van der Waals surface area contributed by atoms with Crippen LogP contribution in [0.25, 0.3) is 0 Å². The highest BCUT2D eigenvalue weighted by Crippen LogP contribution is 2.36. The largest absolute Gasteiger partial charge is 0.465 e. The lowest BCUT2D eigenvalue weighted by Crippen LogP contribution is -2.55. The molecule has 0 fully saturated rings. The molecule has 0 bridgehead atoms. The van der Waals surface area contributed by atoms with E-state index in [1.165, 1.54) is 12.3 Å². The molecule has 0 spiro atoms. The molecule has 1 aromatic carbocycles. The molecule has 1 heterocycles. The Morgan fingerprint density at radius 1 is 1.48 bits per heavy atom. The maximum Gasteiger partial charge on any atom is 0.325 e. The van der Waals surface area contributed by atoms with Crippen LogP contribution in [-0.4, -0.2) is 30.9 Å². The van der Waals surface area contributed by atoms with Gasteiger partial charge in [0.25, 0.3) is 0 Å². The van der Waals surface area contributed by atoms with Crippen molar-refractivity contribution >= 4 is 41.3 Å². The summed E-state index contributed by atoms with van der Waals surface area (Å²) in [7, 11) is 0. The number of carbonyl (C=O) groups is 1. The number of ether oxygens (including phenoxy) is 1. The van der Waals surface area contributed by atoms with E-state index in [4.69, 9.17) is 39.4 Å². The molecule has 1 aliphatic rings. The van der Waals surface area contributed by atoms with Gasteiger partial charge in [0, 0.05) is 16.3 Å². The lowest BCUT2D eigenvalue weighted by Gasteiger charge is -2.33. The number of esters is 1. The third-order valence-electron chi connectivity index (χ3n) is 3.13. The summed E-state index contributed by atoms with van der Waals surface area (Å²) in [6.07, 6.45) is 0.334. The normalized spacial score (nSPS) is 24.6. The first kappa shape index (κ1) is 15.8. The second kappa shape index (κ2) is 6.01. The predicted octanol–water partition coefficient (Wildman–Crippen LogP) is 1.48. The van der Waals surface area contributed by atoms with Crippen LogP contribution in [0.1, 0.15) is 12.5 Å². The molecule has 2 unspecified atom stereocenters. The smallest absolute Gasteiger partial charge is 0.325 e. The van der Waals surface area contributed by atoms with Crippen LogP contribution in [0.2, 0.25) is 10.0 Å². The topological polar surface area (TPSA) is 103 Å². The van der Waals surface area contributed by atoms with Gasteiger partial charge in [-0.3, -0.25) is 4.79 Å². The van der Waals surface area contributed by atoms with Crippen LogP contribution in [0.4, 0.5) is 0 Å². The minimum atomic E-state index is -1.43.